The lowest BCUT2D eigenvalue weighted by Gasteiger charge is -2.13. The Hall–Kier alpha value is -3.32. The van der Waals surface area contributed by atoms with Gasteiger partial charge in [-0.1, -0.05) is 84.9 Å². The Morgan fingerprint density at radius 3 is 1.85 bits per heavy atom. The van der Waals surface area contributed by atoms with Gasteiger partial charge in [0.1, 0.15) is 11.5 Å². The van der Waals surface area contributed by atoms with Crippen molar-refractivity contribution in [2.24, 2.45) is 0 Å². The summed E-state index contributed by atoms with van der Waals surface area (Å²) >= 11 is 0. The van der Waals surface area contributed by atoms with E-state index in [1.165, 1.54) is 22.3 Å². The minimum absolute atomic E-state index is 0.849. The second-order valence-corrected chi connectivity index (χ2v) is 6.26. The minimum Gasteiger partial charge on any atom is -0.457 e. The van der Waals surface area contributed by atoms with E-state index in [9.17, 15) is 0 Å². The molecular weight excluding hydrogens is 316 g/mol. The fraction of sp³-hybridized carbons (Fsp3) is 0.0400. The Balaban J connectivity index is 1.71. The second-order valence-electron chi connectivity index (χ2n) is 6.26. The third-order valence-corrected chi connectivity index (χ3v) is 4.38. The molecule has 126 valence electrons. The summed E-state index contributed by atoms with van der Waals surface area (Å²) in [5.74, 6) is 1.70. The molecule has 4 aromatic rings. The first kappa shape index (κ1) is 16.2. The van der Waals surface area contributed by atoms with Gasteiger partial charge < -0.3 is 4.74 Å². The molecule has 0 aliphatic heterocycles. The topological polar surface area (TPSA) is 9.23 Å². The molecule has 0 radical (unpaired) electrons. The smallest absolute Gasteiger partial charge is 0.128 e. The highest BCUT2D eigenvalue weighted by atomic mass is 16.5. The summed E-state index contributed by atoms with van der Waals surface area (Å²) in [6, 6.07) is 37.3. The van der Waals surface area contributed by atoms with Crippen LogP contribution in [-0.4, -0.2) is 0 Å². The minimum atomic E-state index is 0.849. The Kier molecular flexibility index (Phi) is 4.79. The van der Waals surface area contributed by atoms with E-state index in [1.807, 2.05) is 36.4 Å². The third kappa shape index (κ3) is 3.84. The lowest BCUT2D eigenvalue weighted by Crippen LogP contribution is -1.94. The van der Waals surface area contributed by atoms with Gasteiger partial charge in [0, 0.05) is 0 Å². The number of rotatable bonds is 5. The molecule has 0 heterocycles. The molecule has 4 rings (SSSR count). The Morgan fingerprint density at radius 1 is 0.538 bits per heavy atom. The second kappa shape index (κ2) is 7.71. The molecule has 0 spiro atoms. The molecule has 0 unspecified atom stereocenters. The fourth-order valence-corrected chi connectivity index (χ4v) is 3.10. The van der Waals surface area contributed by atoms with Crippen LogP contribution in [0.2, 0.25) is 0 Å². The lowest BCUT2D eigenvalue weighted by atomic mass is 9.94. The lowest BCUT2D eigenvalue weighted by molar-refractivity contribution is 0.483. The maximum atomic E-state index is 6.05. The average molecular weight is 336 g/mol. The van der Waals surface area contributed by atoms with E-state index in [-0.39, 0.29) is 0 Å². The molecule has 0 saturated heterocycles. The van der Waals surface area contributed by atoms with Gasteiger partial charge in [-0.05, 0) is 52.9 Å². The van der Waals surface area contributed by atoms with Crippen LogP contribution in [0.5, 0.6) is 11.5 Å². The van der Waals surface area contributed by atoms with Gasteiger partial charge in [-0.3, -0.25) is 0 Å². The van der Waals surface area contributed by atoms with Gasteiger partial charge in [-0.25, -0.2) is 0 Å². The first-order chi connectivity index (χ1) is 12.9. The van der Waals surface area contributed by atoms with Crippen LogP contribution in [0.4, 0.5) is 0 Å². The zero-order valence-electron chi connectivity index (χ0n) is 14.5. The van der Waals surface area contributed by atoms with Gasteiger partial charge in [0.25, 0.3) is 0 Å². The van der Waals surface area contributed by atoms with Gasteiger partial charge in [-0.2, -0.15) is 0 Å². The molecule has 0 fully saturated rings. The summed E-state index contributed by atoms with van der Waals surface area (Å²) < 4.78 is 6.05. The predicted octanol–water partition coefficient (Wildman–Crippen LogP) is 6.74. The zero-order chi connectivity index (χ0) is 17.6. The van der Waals surface area contributed by atoms with Crippen molar-refractivity contribution in [1.29, 1.82) is 0 Å². The van der Waals surface area contributed by atoms with Crippen molar-refractivity contribution in [2.45, 2.75) is 6.42 Å². The van der Waals surface area contributed by atoms with E-state index in [1.54, 1.807) is 0 Å². The van der Waals surface area contributed by atoms with E-state index < -0.39 is 0 Å². The van der Waals surface area contributed by atoms with Crippen molar-refractivity contribution < 1.29 is 4.74 Å². The summed E-state index contributed by atoms with van der Waals surface area (Å²) in [7, 11) is 0. The number of hydrogen-bond donors (Lipinski definition) is 0. The van der Waals surface area contributed by atoms with E-state index >= 15 is 0 Å². The van der Waals surface area contributed by atoms with Crippen molar-refractivity contribution >= 4 is 0 Å². The quantitative estimate of drug-likeness (QED) is 0.392. The van der Waals surface area contributed by atoms with Gasteiger partial charge in [0.05, 0.1) is 0 Å². The maximum absolute atomic E-state index is 6.05. The van der Waals surface area contributed by atoms with Crippen molar-refractivity contribution in [1.82, 2.24) is 0 Å². The first-order valence-corrected chi connectivity index (χ1v) is 8.84. The van der Waals surface area contributed by atoms with Gasteiger partial charge in [0.2, 0.25) is 0 Å². The maximum Gasteiger partial charge on any atom is 0.128 e. The molecule has 0 bridgehead atoms. The number of ether oxygens (including phenoxy) is 1. The van der Waals surface area contributed by atoms with Crippen LogP contribution in [0.25, 0.3) is 11.1 Å². The highest BCUT2D eigenvalue weighted by Crippen LogP contribution is 2.31. The van der Waals surface area contributed by atoms with E-state index in [4.69, 9.17) is 4.74 Å². The Morgan fingerprint density at radius 2 is 1.15 bits per heavy atom. The first-order valence-electron chi connectivity index (χ1n) is 8.84. The van der Waals surface area contributed by atoms with E-state index in [2.05, 4.69) is 72.8 Å². The Labute approximate surface area is 154 Å². The van der Waals surface area contributed by atoms with Gasteiger partial charge in [-0.15, -0.1) is 0 Å². The molecule has 0 saturated carbocycles. The molecule has 26 heavy (non-hydrogen) atoms. The Bertz CT molecular complexity index is 961. The van der Waals surface area contributed by atoms with Crippen LogP contribution in [0.15, 0.2) is 109 Å². The summed E-state index contributed by atoms with van der Waals surface area (Å²) in [5, 5.41) is 0. The summed E-state index contributed by atoms with van der Waals surface area (Å²) in [6.07, 6.45) is 0.899. The number of hydrogen-bond acceptors (Lipinski definition) is 1. The fourth-order valence-electron chi connectivity index (χ4n) is 3.10. The van der Waals surface area contributed by atoms with Crippen molar-refractivity contribution in [3.63, 3.8) is 0 Å². The highest BCUT2D eigenvalue weighted by molar-refractivity contribution is 5.69. The number of benzene rings is 4. The van der Waals surface area contributed by atoms with Crippen LogP contribution >= 0.6 is 0 Å². The van der Waals surface area contributed by atoms with Crippen LogP contribution in [-0.2, 0) is 6.42 Å². The molecular formula is C25H20O. The largest absolute Gasteiger partial charge is 0.457 e. The highest BCUT2D eigenvalue weighted by Gasteiger charge is 2.09. The van der Waals surface area contributed by atoms with Crippen LogP contribution in [0.1, 0.15) is 11.1 Å². The third-order valence-electron chi connectivity index (χ3n) is 4.38. The van der Waals surface area contributed by atoms with E-state index in [0.717, 1.165) is 17.9 Å². The van der Waals surface area contributed by atoms with Gasteiger partial charge in [0.15, 0.2) is 0 Å². The summed E-state index contributed by atoms with van der Waals surface area (Å²) in [6.45, 7) is 0. The molecule has 0 N–H and O–H groups in total. The monoisotopic (exact) mass is 336 g/mol. The average Bonchev–Trinajstić information content (AvgIpc) is 2.71. The molecule has 0 amide bonds. The van der Waals surface area contributed by atoms with Crippen molar-refractivity contribution in [2.75, 3.05) is 0 Å². The molecule has 0 aliphatic rings. The molecule has 0 aliphatic carbocycles. The van der Waals surface area contributed by atoms with Crippen molar-refractivity contribution in [3.8, 4) is 22.6 Å². The SMILES string of the molecule is c1ccc(Cc2ccc(Oc3ccccc3)cc2-c2ccccc2)cc1. The summed E-state index contributed by atoms with van der Waals surface area (Å²) in [4.78, 5) is 0. The van der Waals surface area contributed by atoms with Gasteiger partial charge >= 0.3 is 0 Å². The molecule has 1 heteroatoms. The summed E-state index contributed by atoms with van der Waals surface area (Å²) in [5.41, 5.74) is 5.02. The molecule has 0 aromatic heterocycles. The normalized spacial score (nSPS) is 10.5. The predicted molar refractivity (Wildman–Crippen MR) is 108 cm³/mol. The van der Waals surface area contributed by atoms with Crippen LogP contribution in [0, 0.1) is 0 Å². The zero-order valence-corrected chi connectivity index (χ0v) is 14.5. The molecule has 4 aromatic carbocycles. The molecule has 0 atom stereocenters. The van der Waals surface area contributed by atoms with Crippen LogP contribution < -0.4 is 4.74 Å². The molecule has 1 nitrogen and oxygen atoms in total. The standard InChI is InChI=1S/C25H20O/c1-4-10-20(11-5-1)18-22-16-17-24(26-23-14-8-3-9-15-23)19-25(22)21-12-6-2-7-13-21/h1-17,19H,18H2. The van der Waals surface area contributed by atoms with Crippen molar-refractivity contribution in [3.05, 3.63) is 120 Å². The van der Waals surface area contributed by atoms with E-state index in [0.29, 0.717) is 0 Å². The van der Waals surface area contributed by atoms with Crippen LogP contribution in [0.3, 0.4) is 0 Å². The number of para-hydroxylation sites is 1.